The maximum atomic E-state index is 9.82. The highest BCUT2D eigenvalue weighted by Crippen LogP contribution is 2.52. The monoisotopic (exact) mass is 274 g/mol. The number of nitrogens with zero attached hydrogens (tertiary/aromatic N) is 1. The van der Waals surface area contributed by atoms with Gasteiger partial charge in [0.25, 0.3) is 0 Å². The van der Waals surface area contributed by atoms with E-state index in [0.29, 0.717) is 11.7 Å². The molecule has 2 fully saturated rings. The molecule has 4 nitrogen and oxygen atoms in total. The molecule has 0 spiro atoms. The number of morpholine rings is 1. The Morgan fingerprint density at radius 2 is 2.10 bits per heavy atom. The summed E-state index contributed by atoms with van der Waals surface area (Å²) in [5.74, 6) is 0.880. The van der Waals surface area contributed by atoms with Gasteiger partial charge in [0.2, 0.25) is 0 Å². The van der Waals surface area contributed by atoms with Crippen LogP contribution in [-0.2, 0) is 4.74 Å². The summed E-state index contributed by atoms with van der Waals surface area (Å²) >= 11 is 0. The van der Waals surface area contributed by atoms with Crippen molar-refractivity contribution in [3.63, 3.8) is 0 Å². The first kappa shape index (κ1) is 12.5. The van der Waals surface area contributed by atoms with E-state index in [0.717, 1.165) is 26.3 Å². The Morgan fingerprint density at radius 3 is 2.95 bits per heavy atom. The van der Waals surface area contributed by atoms with Crippen molar-refractivity contribution in [1.29, 1.82) is 0 Å². The average molecular weight is 274 g/mol. The van der Waals surface area contributed by atoms with E-state index in [4.69, 9.17) is 4.74 Å². The maximum absolute atomic E-state index is 9.82. The number of benzene rings is 1. The molecule has 2 aliphatic heterocycles. The number of rotatable bonds is 1. The van der Waals surface area contributed by atoms with Crippen LogP contribution in [0.5, 0.6) is 5.75 Å². The highest BCUT2D eigenvalue weighted by Gasteiger charge is 2.51. The second kappa shape index (κ2) is 4.64. The molecule has 0 radical (unpaired) electrons. The molecule has 2 atom stereocenters. The van der Waals surface area contributed by atoms with Crippen molar-refractivity contribution in [2.45, 2.75) is 37.3 Å². The van der Waals surface area contributed by atoms with Crippen LogP contribution in [-0.4, -0.2) is 42.0 Å². The van der Waals surface area contributed by atoms with Gasteiger partial charge in [-0.3, -0.25) is 4.90 Å². The number of fused-ring (bicyclic) bond motifs is 3. The third-order valence-corrected chi connectivity index (χ3v) is 5.21. The molecule has 1 saturated carbocycles. The minimum atomic E-state index is 0.0537. The van der Waals surface area contributed by atoms with E-state index in [-0.39, 0.29) is 5.66 Å². The highest BCUT2D eigenvalue weighted by atomic mass is 16.5. The van der Waals surface area contributed by atoms with Crippen LogP contribution in [0.3, 0.4) is 0 Å². The first-order valence-corrected chi connectivity index (χ1v) is 7.73. The van der Waals surface area contributed by atoms with Gasteiger partial charge in [0, 0.05) is 24.7 Å². The van der Waals surface area contributed by atoms with Crippen molar-refractivity contribution in [2.75, 3.05) is 31.6 Å². The number of nitrogens with one attached hydrogen (secondary N) is 1. The lowest BCUT2D eigenvalue weighted by Gasteiger charge is -2.49. The van der Waals surface area contributed by atoms with Crippen molar-refractivity contribution >= 4 is 5.69 Å². The fourth-order valence-corrected chi connectivity index (χ4v) is 4.32. The molecule has 2 unspecified atom stereocenters. The van der Waals surface area contributed by atoms with Crippen molar-refractivity contribution in [2.24, 2.45) is 0 Å². The van der Waals surface area contributed by atoms with Gasteiger partial charge < -0.3 is 15.2 Å². The molecule has 108 valence electrons. The molecule has 3 aliphatic rings. The standard InChI is InChI=1S/C16H22N2O2/c19-12-4-5-15-13(11-12)14-3-1-2-6-16(14,17-15)18-7-9-20-10-8-18/h4-5,11,14,17,19H,1-3,6-10H2. The minimum Gasteiger partial charge on any atom is -0.508 e. The van der Waals surface area contributed by atoms with Crippen LogP contribution in [0.25, 0.3) is 0 Å². The second-order valence-corrected chi connectivity index (χ2v) is 6.22. The number of anilines is 1. The van der Waals surface area contributed by atoms with E-state index in [9.17, 15) is 5.11 Å². The Balaban J connectivity index is 1.74. The third-order valence-electron chi connectivity index (χ3n) is 5.21. The predicted molar refractivity (Wildman–Crippen MR) is 78.1 cm³/mol. The van der Waals surface area contributed by atoms with Crippen LogP contribution >= 0.6 is 0 Å². The molecule has 0 bridgehead atoms. The summed E-state index contributed by atoms with van der Waals surface area (Å²) in [6.45, 7) is 3.67. The number of ether oxygens (including phenoxy) is 1. The zero-order valence-corrected chi connectivity index (χ0v) is 11.8. The smallest absolute Gasteiger partial charge is 0.116 e. The summed E-state index contributed by atoms with van der Waals surface area (Å²) in [6.07, 6.45) is 4.96. The first-order chi connectivity index (χ1) is 9.79. The van der Waals surface area contributed by atoms with Crippen molar-refractivity contribution in [1.82, 2.24) is 4.90 Å². The number of phenols is 1. The van der Waals surface area contributed by atoms with Gasteiger partial charge in [-0.1, -0.05) is 6.42 Å². The van der Waals surface area contributed by atoms with Crippen molar-refractivity contribution in [3.05, 3.63) is 23.8 Å². The van der Waals surface area contributed by atoms with E-state index in [2.05, 4.69) is 10.2 Å². The molecule has 2 heterocycles. The number of hydrogen-bond donors (Lipinski definition) is 2. The van der Waals surface area contributed by atoms with Gasteiger partial charge in [0.1, 0.15) is 5.75 Å². The minimum absolute atomic E-state index is 0.0537. The molecule has 4 heteroatoms. The molecule has 0 amide bonds. The Labute approximate surface area is 119 Å². The lowest BCUT2D eigenvalue weighted by molar-refractivity contribution is -0.0308. The lowest BCUT2D eigenvalue weighted by Crippen LogP contribution is -2.60. The zero-order chi connectivity index (χ0) is 13.6. The summed E-state index contributed by atoms with van der Waals surface area (Å²) in [5.41, 5.74) is 2.57. The summed E-state index contributed by atoms with van der Waals surface area (Å²) in [5, 5.41) is 13.6. The summed E-state index contributed by atoms with van der Waals surface area (Å²) < 4.78 is 5.52. The van der Waals surface area contributed by atoms with Crippen LogP contribution < -0.4 is 5.32 Å². The predicted octanol–water partition coefficient (Wildman–Crippen LogP) is 2.50. The molecule has 2 N–H and O–H groups in total. The van der Waals surface area contributed by atoms with E-state index >= 15 is 0 Å². The average Bonchev–Trinajstić information content (AvgIpc) is 2.83. The van der Waals surface area contributed by atoms with Crippen LogP contribution in [0.4, 0.5) is 5.69 Å². The van der Waals surface area contributed by atoms with Crippen LogP contribution in [0.15, 0.2) is 18.2 Å². The first-order valence-electron chi connectivity index (χ1n) is 7.73. The molecule has 1 saturated heterocycles. The Kier molecular flexibility index (Phi) is 2.89. The van der Waals surface area contributed by atoms with Gasteiger partial charge in [-0.25, -0.2) is 0 Å². The van der Waals surface area contributed by atoms with Gasteiger partial charge in [0.05, 0.1) is 18.9 Å². The van der Waals surface area contributed by atoms with Crippen LogP contribution in [0, 0.1) is 0 Å². The van der Waals surface area contributed by atoms with Crippen LogP contribution in [0.2, 0.25) is 0 Å². The Bertz CT molecular complexity index is 513. The SMILES string of the molecule is Oc1ccc2c(c1)C1CCCCC1(N1CCOCC1)N2. The van der Waals surface area contributed by atoms with E-state index in [1.165, 1.54) is 36.9 Å². The number of hydrogen-bond acceptors (Lipinski definition) is 4. The molecule has 1 aliphatic carbocycles. The lowest BCUT2D eigenvalue weighted by atomic mass is 9.76. The molecule has 4 rings (SSSR count). The van der Waals surface area contributed by atoms with E-state index < -0.39 is 0 Å². The molecular formula is C16H22N2O2. The van der Waals surface area contributed by atoms with Gasteiger partial charge in [-0.2, -0.15) is 0 Å². The van der Waals surface area contributed by atoms with Crippen molar-refractivity contribution < 1.29 is 9.84 Å². The summed E-state index contributed by atoms with van der Waals surface area (Å²) in [7, 11) is 0. The van der Waals surface area contributed by atoms with E-state index in [1.807, 2.05) is 12.1 Å². The molecule has 1 aromatic carbocycles. The quantitative estimate of drug-likeness (QED) is 0.772. The second-order valence-electron chi connectivity index (χ2n) is 6.22. The Morgan fingerprint density at radius 1 is 1.25 bits per heavy atom. The fraction of sp³-hybridized carbons (Fsp3) is 0.625. The Hall–Kier alpha value is -1.26. The number of aromatic hydroxyl groups is 1. The molecular weight excluding hydrogens is 252 g/mol. The molecule has 20 heavy (non-hydrogen) atoms. The normalized spacial score (nSPS) is 33.3. The van der Waals surface area contributed by atoms with Gasteiger partial charge >= 0.3 is 0 Å². The third kappa shape index (κ3) is 1.75. The van der Waals surface area contributed by atoms with Crippen LogP contribution in [0.1, 0.15) is 37.2 Å². The fourth-order valence-electron chi connectivity index (χ4n) is 4.32. The van der Waals surface area contributed by atoms with Gasteiger partial charge in [-0.05, 0) is 43.0 Å². The van der Waals surface area contributed by atoms with Gasteiger partial charge in [0.15, 0.2) is 0 Å². The van der Waals surface area contributed by atoms with E-state index in [1.54, 1.807) is 6.07 Å². The summed E-state index contributed by atoms with van der Waals surface area (Å²) in [6, 6.07) is 5.78. The summed E-state index contributed by atoms with van der Waals surface area (Å²) in [4.78, 5) is 2.58. The maximum Gasteiger partial charge on any atom is 0.116 e. The molecule has 1 aromatic rings. The zero-order valence-electron chi connectivity index (χ0n) is 11.8. The highest BCUT2D eigenvalue weighted by molar-refractivity contribution is 5.63. The van der Waals surface area contributed by atoms with Gasteiger partial charge in [-0.15, -0.1) is 0 Å². The topological polar surface area (TPSA) is 44.7 Å². The number of phenolic OH excluding ortho intramolecular Hbond substituents is 1. The van der Waals surface area contributed by atoms with Crippen molar-refractivity contribution in [3.8, 4) is 5.75 Å². The largest absolute Gasteiger partial charge is 0.508 e. The molecule has 0 aromatic heterocycles.